The number of hydrogen-bond donors (Lipinski definition) is 2. The van der Waals surface area contributed by atoms with Crippen LogP contribution < -0.4 is 5.32 Å². The minimum absolute atomic E-state index is 0.226. The van der Waals surface area contributed by atoms with E-state index in [2.05, 4.69) is 5.32 Å². The summed E-state index contributed by atoms with van der Waals surface area (Å²) in [5.74, 6) is -0.253. The minimum Gasteiger partial charge on any atom is -0.391 e. The van der Waals surface area contributed by atoms with Crippen molar-refractivity contribution in [3.05, 3.63) is 30.3 Å². The van der Waals surface area contributed by atoms with Crippen molar-refractivity contribution in [2.75, 3.05) is 12.3 Å². The molecule has 0 amide bonds. The Morgan fingerprint density at radius 3 is 2.35 bits per heavy atom. The molecule has 0 aliphatic heterocycles. The van der Waals surface area contributed by atoms with Gasteiger partial charge in [-0.25, -0.2) is 8.42 Å². The molecule has 0 bridgehead atoms. The quantitative estimate of drug-likeness (QED) is 0.792. The molecule has 1 aromatic rings. The van der Waals surface area contributed by atoms with Crippen LogP contribution in [0.4, 0.5) is 0 Å². The highest BCUT2D eigenvalue weighted by Crippen LogP contribution is 2.11. The largest absolute Gasteiger partial charge is 0.391 e. The van der Waals surface area contributed by atoms with E-state index >= 15 is 0 Å². The van der Waals surface area contributed by atoms with Gasteiger partial charge in [-0.05, 0) is 12.1 Å². The molecule has 5 heteroatoms. The molecule has 0 spiro atoms. The zero-order valence-corrected chi connectivity index (χ0v) is 10.9. The molecule has 2 N–H and O–H groups in total. The maximum Gasteiger partial charge on any atom is 0.180 e. The number of aliphatic hydroxyl groups excluding tert-OH is 1. The average Bonchev–Trinajstić information content (AvgIpc) is 2.27. The van der Waals surface area contributed by atoms with Crippen LogP contribution in [0.15, 0.2) is 35.2 Å². The summed E-state index contributed by atoms with van der Waals surface area (Å²) in [5.41, 5.74) is 0. The first kappa shape index (κ1) is 14.2. The summed E-state index contributed by atoms with van der Waals surface area (Å²) in [5, 5.41) is 12.7. The van der Waals surface area contributed by atoms with Crippen LogP contribution in [-0.4, -0.2) is 38.0 Å². The molecule has 4 nitrogen and oxygen atoms in total. The van der Waals surface area contributed by atoms with E-state index in [1.807, 2.05) is 13.8 Å². The number of nitrogens with one attached hydrogen (secondary N) is 1. The summed E-state index contributed by atoms with van der Waals surface area (Å²) in [6.07, 6.45) is -0.886. The van der Waals surface area contributed by atoms with E-state index in [4.69, 9.17) is 0 Å². The molecule has 0 radical (unpaired) electrons. The second kappa shape index (κ2) is 6.14. The molecule has 0 aromatic heterocycles. The normalized spacial score (nSPS) is 13.9. The predicted octanol–water partition coefficient (Wildman–Crippen LogP) is 0.819. The maximum absolute atomic E-state index is 11.9. The standard InChI is InChI=1S/C12H19NO3S/c1-10(2)13-8-11(14)9-17(15,16)12-6-4-3-5-7-12/h3-7,10-11,13-14H,8-9H2,1-2H3. The molecular weight excluding hydrogens is 238 g/mol. The van der Waals surface area contributed by atoms with Crippen molar-refractivity contribution in [1.29, 1.82) is 0 Å². The van der Waals surface area contributed by atoms with Gasteiger partial charge in [0.1, 0.15) is 0 Å². The Hall–Kier alpha value is -0.910. The topological polar surface area (TPSA) is 66.4 Å². The van der Waals surface area contributed by atoms with Crippen molar-refractivity contribution in [2.24, 2.45) is 0 Å². The fourth-order valence-electron chi connectivity index (χ4n) is 1.41. The van der Waals surface area contributed by atoms with Crippen LogP contribution in [0.5, 0.6) is 0 Å². The molecule has 96 valence electrons. The molecule has 0 saturated carbocycles. The van der Waals surface area contributed by atoms with Gasteiger partial charge in [0.15, 0.2) is 9.84 Å². The third kappa shape index (κ3) is 4.85. The summed E-state index contributed by atoms with van der Waals surface area (Å²) >= 11 is 0. The molecule has 0 aliphatic rings. The lowest BCUT2D eigenvalue weighted by atomic mass is 10.3. The van der Waals surface area contributed by atoms with Crippen molar-refractivity contribution < 1.29 is 13.5 Å². The Bertz CT molecular complexity index is 428. The number of aliphatic hydroxyl groups is 1. The van der Waals surface area contributed by atoms with E-state index < -0.39 is 15.9 Å². The van der Waals surface area contributed by atoms with Gasteiger partial charge in [-0.2, -0.15) is 0 Å². The van der Waals surface area contributed by atoms with Crippen molar-refractivity contribution in [3.63, 3.8) is 0 Å². The van der Waals surface area contributed by atoms with Gasteiger partial charge < -0.3 is 10.4 Å². The van der Waals surface area contributed by atoms with Crippen LogP contribution in [0.2, 0.25) is 0 Å². The highest BCUT2D eigenvalue weighted by Gasteiger charge is 2.19. The molecule has 0 fully saturated rings. The summed E-state index contributed by atoms with van der Waals surface area (Å²) in [6, 6.07) is 8.41. The van der Waals surface area contributed by atoms with Crippen LogP contribution in [0, 0.1) is 0 Å². The van der Waals surface area contributed by atoms with E-state index in [-0.39, 0.29) is 23.2 Å². The first-order valence-corrected chi connectivity index (χ1v) is 7.26. The van der Waals surface area contributed by atoms with E-state index in [0.29, 0.717) is 0 Å². The summed E-state index contributed by atoms with van der Waals surface area (Å²) in [6.45, 7) is 4.17. The summed E-state index contributed by atoms with van der Waals surface area (Å²) < 4.78 is 23.8. The van der Waals surface area contributed by atoms with Gasteiger partial charge in [0.25, 0.3) is 0 Å². The number of benzene rings is 1. The third-order valence-electron chi connectivity index (χ3n) is 2.28. The molecule has 1 atom stereocenters. The maximum atomic E-state index is 11.9. The number of rotatable bonds is 6. The predicted molar refractivity (Wildman–Crippen MR) is 67.6 cm³/mol. The number of sulfone groups is 1. The molecule has 0 aliphatic carbocycles. The van der Waals surface area contributed by atoms with Gasteiger partial charge in [-0.3, -0.25) is 0 Å². The summed E-state index contributed by atoms with van der Waals surface area (Å²) in [7, 11) is -3.40. The molecular formula is C12H19NO3S. The second-order valence-corrected chi connectivity index (χ2v) is 6.35. The van der Waals surface area contributed by atoms with Crippen LogP contribution in [0.1, 0.15) is 13.8 Å². The molecule has 1 aromatic carbocycles. The van der Waals surface area contributed by atoms with E-state index in [9.17, 15) is 13.5 Å². The Morgan fingerprint density at radius 1 is 1.24 bits per heavy atom. The molecule has 1 rings (SSSR count). The molecule has 0 saturated heterocycles. The van der Waals surface area contributed by atoms with E-state index in [0.717, 1.165) is 0 Å². The molecule has 0 heterocycles. The van der Waals surface area contributed by atoms with Gasteiger partial charge >= 0.3 is 0 Å². The van der Waals surface area contributed by atoms with Crippen molar-refractivity contribution in [1.82, 2.24) is 5.32 Å². The molecule has 1 unspecified atom stereocenters. The van der Waals surface area contributed by atoms with Crippen LogP contribution >= 0.6 is 0 Å². The molecule has 17 heavy (non-hydrogen) atoms. The van der Waals surface area contributed by atoms with Crippen LogP contribution in [0.3, 0.4) is 0 Å². The van der Waals surface area contributed by atoms with Gasteiger partial charge in [0.2, 0.25) is 0 Å². The first-order chi connectivity index (χ1) is 7.92. The number of hydrogen-bond acceptors (Lipinski definition) is 4. The lowest BCUT2D eigenvalue weighted by molar-refractivity contribution is 0.190. The zero-order valence-electron chi connectivity index (χ0n) is 10.1. The van der Waals surface area contributed by atoms with Gasteiger partial charge in [-0.15, -0.1) is 0 Å². The monoisotopic (exact) mass is 257 g/mol. The first-order valence-electron chi connectivity index (χ1n) is 5.61. The Kier molecular flexibility index (Phi) is 5.11. The lowest BCUT2D eigenvalue weighted by Crippen LogP contribution is -2.35. The van der Waals surface area contributed by atoms with Crippen LogP contribution in [-0.2, 0) is 9.84 Å². The smallest absolute Gasteiger partial charge is 0.180 e. The fourth-order valence-corrected chi connectivity index (χ4v) is 2.80. The van der Waals surface area contributed by atoms with E-state index in [1.54, 1.807) is 18.2 Å². The Morgan fingerprint density at radius 2 is 1.82 bits per heavy atom. The van der Waals surface area contributed by atoms with Crippen molar-refractivity contribution in [3.8, 4) is 0 Å². The highest BCUT2D eigenvalue weighted by atomic mass is 32.2. The second-order valence-electron chi connectivity index (χ2n) is 4.31. The minimum atomic E-state index is -3.40. The van der Waals surface area contributed by atoms with Crippen molar-refractivity contribution >= 4 is 9.84 Å². The van der Waals surface area contributed by atoms with Crippen LogP contribution in [0.25, 0.3) is 0 Å². The zero-order chi connectivity index (χ0) is 12.9. The Labute approximate surface area is 103 Å². The van der Waals surface area contributed by atoms with Gasteiger partial charge in [0, 0.05) is 12.6 Å². The fraction of sp³-hybridized carbons (Fsp3) is 0.500. The SMILES string of the molecule is CC(C)NCC(O)CS(=O)(=O)c1ccccc1. The van der Waals surface area contributed by atoms with Gasteiger partial charge in [0.05, 0.1) is 16.8 Å². The third-order valence-corrected chi connectivity index (χ3v) is 4.09. The summed E-state index contributed by atoms with van der Waals surface area (Å²) in [4.78, 5) is 0.253. The van der Waals surface area contributed by atoms with E-state index in [1.165, 1.54) is 12.1 Å². The van der Waals surface area contributed by atoms with Gasteiger partial charge in [-0.1, -0.05) is 32.0 Å². The average molecular weight is 257 g/mol. The lowest BCUT2D eigenvalue weighted by Gasteiger charge is -2.14. The Balaban J connectivity index is 2.62. The van der Waals surface area contributed by atoms with Crippen molar-refractivity contribution in [2.45, 2.75) is 30.9 Å². The highest BCUT2D eigenvalue weighted by molar-refractivity contribution is 7.91.